The van der Waals surface area contributed by atoms with Crippen LogP contribution in [0, 0.1) is 5.41 Å². The minimum Gasteiger partial charge on any atom is -0.496 e. The molecule has 4 heteroatoms. The highest BCUT2D eigenvalue weighted by atomic mass is 79.9. The maximum atomic E-state index is 5.49. The lowest BCUT2D eigenvalue weighted by atomic mass is 9.83. The quantitative estimate of drug-likeness (QED) is 0.663. The molecule has 0 amide bonds. The van der Waals surface area contributed by atoms with Gasteiger partial charge in [0, 0.05) is 0 Å². The van der Waals surface area contributed by atoms with E-state index in [1.165, 1.54) is 12.0 Å². The second-order valence-corrected chi connectivity index (χ2v) is 6.92. The van der Waals surface area contributed by atoms with Crippen LogP contribution in [0.25, 0.3) is 0 Å². The second kappa shape index (κ2) is 8.64. The molecule has 21 heavy (non-hydrogen) atoms. The molecule has 3 nitrogen and oxygen atoms in total. The van der Waals surface area contributed by atoms with Gasteiger partial charge in [-0.3, -0.25) is 0 Å². The van der Waals surface area contributed by atoms with E-state index in [0.717, 1.165) is 41.9 Å². The molecular weight excluding hydrogens is 330 g/mol. The number of nitrogens with one attached hydrogen (secondary N) is 1. The SMILES string of the molecule is CCNCCC(C)(C)CCc1cc(OC)c(Br)cc1OC. The number of halogens is 1. The van der Waals surface area contributed by atoms with Gasteiger partial charge < -0.3 is 14.8 Å². The van der Waals surface area contributed by atoms with Crippen LogP contribution in [-0.2, 0) is 6.42 Å². The molecule has 1 aromatic rings. The lowest BCUT2D eigenvalue weighted by Gasteiger charge is -2.25. The first kappa shape index (κ1) is 18.3. The van der Waals surface area contributed by atoms with E-state index in [-0.39, 0.29) is 0 Å². The van der Waals surface area contributed by atoms with Crippen LogP contribution in [0.4, 0.5) is 0 Å². The Morgan fingerprint density at radius 3 is 2.33 bits per heavy atom. The van der Waals surface area contributed by atoms with Gasteiger partial charge in [-0.15, -0.1) is 0 Å². The molecule has 1 rings (SSSR count). The van der Waals surface area contributed by atoms with Gasteiger partial charge >= 0.3 is 0 Å². The van der Waals surface area contributed by atoms with Gasteiger partial charge in [0.1, 0.15) is 11.5 Å². The Balaban J connectivity index is 2.73. The Morgan fingerprint density at radius 1 is 1.10 bits per heavy atom. The van der Waals surface area contributed by atoms with Gasteiger partial charge in [0.05, 0.1) is 18.7 Å². The Kier molecular flexibility index (Phi) is 7.53. The van der Waals surface area contributed by atoms with Crippen LogP contribution in [0.3, 0.4) is 0 Å². The van der Waals surface area contributed by atoms with Crippen molar-refractivity contribution in [2.24, 2.45) is 5.41 Å². The average molecular weight is 358 g/mol. The maximum Gasteiger partial charge on any atom is 0.133 e. The van der Waals surface area contributed by atoms with Crippen molar-refractivity contribution in [2.75, 3.05) is 27.3 Å². The van der Waals surface area contributed by atoms with Crippen molar-refractivity contribution in [1.29, 1.82) is 0 Å². The third kappa shape index (κ3) is 5.87. The molecule has 0 radical (unpaired) electrons. The van der Waals surface area contributed by atoms with E-state index >= 15 is 0 Å². The zero-order valence-corrected chi connectivity index (χ0v) is 15.5. The molecule has 1 aromatic carbocycles. The van der Waals surface area contributed by atoms with Gasteiger partial charge in [-0.05, 0) is 71.4 Å². The normalized spacial score (nSPS) is 11.5. The van der Waals surface area contributed by atoms with Gasteiger partial charge in [-0.1, -0.05) is 20.8 Å². The van der Waals surface area contributed by atoms with Crippen LogP contribution in [0.1, 0.15) is 39.2 Å². The maximum absolute atomic E-state index is 5.49. The Morgan fingerprint density at radius 2 is 1.76 bits per heavy atom. The van der Waals surface area contributed by atoms with E-state index in [1.54, 1.807) is 14.2 Å². The van der Waals surface area contributed by atoms with Crippen LogP contribution in [0.15, 0.2) is 16.6 Å². The smallest absolute Gasteiger partial charge is 0.133 e. The summed E-state index contributed by atoms with van der Waals surface area (Å²) < 4.78 is 11.8. The molecule has 0 unspecified atom stereocenters. The van der Waals surface area contributed by atoms with E-state index in [4.69, 9.17) is 9.47 Å². The van der Waals surface area contributed by atoms with Crippen molar-refractivity contribution in [1.82, 2.24) is 5.32 Å². The topological polar surface area (TPSA) is 30.5 Å². The zero-order valence-electron chi connectivity index (χ0n) is 13.9. The number of benzene rings is 1. The first-order chi connectivity index (χ1) is 9.93. The summed E-state index contributed by atoms with van der Waals surface area (Å²) in [6.45, 7) is 8.91. The highest BCUT2D eigenvalue weighted by molar-refractivity contribution is 9.10. The van der Waals surface area contributed by atoms with Gasteiger partial charge in [0.25, 0.3) is 0 Å². The molecule has 0 saturated carbocycles. The number of ether oxygens (including phenoxy) is 2. The lowest BCUT2D eigenvalue weighted by molar-refractivity contribution is 0.301. The molecule has 0 bridgehead atoms. The first-order valence-corrected chi connectivity index (χ1v) is 8.34. The molecular formula is C17H28BrNO2. The van der Waals surface area contributed by atoms with Crippen LogP contribution >= 0.6 is 15.9 Å². The van der Waals surface area contributed by atoms with E-state index in [2.05, 4.69) is 48.1 Å². The van der Waals surface area contributed by atoms with E-state index in [0.29, 0.717) is 5.41 Å². The first-order valence-electron chi connectivity index (χ1n) is 7.54. The summed E-state index contributed by atoms with van der Waals surface area (Å²) in [6, 6.07) is 4.06. The van der Waals surface area contributed by atoms with Crippen LogP contribution in [0.5, 0.6) is 11.5 Å². The summed E-state index contributed by atoms with van der Waals surface area (Å²) in [7, 11) is 3.41. The van der Waals surface area contributed by atoms with Gasteiger partial charge in [-0.25, -0.2) is 0 Å². The highest BCUT2D eigenvalue weighted by Crippen LogP contribution is 2.35. The summed E-state index contributed by atoms with van der Waals surface area (Å²) >= 11 is 3.50. The van der Waals surface area contributed by atoms with Crippen molar-refractivity contribution in [2.45, 2.75) is 40.0 Å². The lowest BCUT2D eigenvalue weighted by Crippen LogP contribution is -2.22. The summed E-state index contributed by atoms with van der Waals surface area (Å²) in [5.74, 6) is 1.78. The molecule has 0 aromatic heterocycles. The van der Waals surface area contributed by atoms with Crippen molar-refractivity contribution >= 4 is 15.9 Å². The minimum absolute atomic E-state index is 0.313. The predicted octanol–water partition coefficient (Wildman–Crippen LogP) is 4.42. The summed E-state index contributed by atoms with van der Waals surface area (Å²) in [5.41, 5.74) is 1.52. The Labute approximate surface area is 137 Å². The van der Waals surface area contributed by atoms with Gasteiger partial charge in [-0.2, -0.15) is 0 Å². The van der Waals surface area contributed by atoms with Crippen molar-refractivity contribution in [3.8, 4) is 11.5 Å². The number of hydrogen-bond acceptors (Lipinski definition) is 3. The largest absolute Gasteiger partial charge is 0.496 e. The Bertz CT molecular complexity index is 447. The molecule has 0 heterocycles. The summed E-state index contributed by atoms with van der Waals surface area (Å²) in [6.07, 6.45) is 3.29. The minimum atomic E-state index is 0.313. The number of aryl methyl sites for hydroxylation is 1. The molecule has 0 spiro atoms. The number of hydrogen-bond donors (Lipinski definition) is 1. The standard InChI is InChI=1S/C17H28BrNO2/c1-6-19-10-9-17(2,3)8-7-13-11-16(21-5)14(18)12-15(13)20-4/h11-12,19H,6-10H2,1-5H3. The molecule has 0 aliphatic carbocycles. The molecule has 0 aliphatic heterocycles. The molecule has 120 valence electrons. The zero-order chi connectivity index (χ0) is 15.9. The van der Waals surface area contributed by atoms with Crippen LogP contribution in [0.2, 0.25) is 0 Å². The molecule has 0 aliphatic rings. The fourth-order valence-corrected chi connectivity index (χ4v) is 2.80. The summed E-state index contributed by atoms with van der Waals surface area (Å²) in [4.78, 5) is 0. The molecule has 0 fully saturated rings. The molecule has 1 N–H and O–H groups in total. The van der Waals surface area contributed by atoms with E-state index in [1.807, 2.05) is 6.07 Å². The monoisotopic (exact) mass is 357 g/mol. The summed E-state index contributed by atoms with van der Waals surface area (Å²) in [5, 5.41) is 3.40. The van der Waals surface area contributed by atoms with Crippen LogP contribution < -0.4 is 14.8 Å². The molecule has 0 atom stereocenters. The second-order valence-electron chi connectivity index (χ2n) is 6.07. The van der Waals surface area contributed by atoms with Gasteiger partial charge in [0.15, 0.2) is 0 Å². The van der Waals surface area contributed by atoms with Crippen molar-refractivity contribution in [3.05, 3.63) is 22.2 Å². The van der Waals surface area contributed by atoms with E-state index < -0.39 is 0 Å². The number of methoxy groups -OCH3 is 2. The van der Waals surface area contributed by atoms with Crippen molar-refractivity contribution < 1.29 is 9.47 Å². The predicted molar refractivity (Wildman–Crippen MR) is 92.5 cm³/mol. The van der Waals surface area contributed by atoms with E-state index in [9.17, 15) is 0 Å². The third-order valence-corrected chi connectivity index (χ3v) is 4.47. The van der Waals surface area contributed by atoms with Crippen molar-refractivity contribution in [3.63, 3.8) is 0 Å². The number of rotatable bonds is 9. The van der Waals surface area contributed by atoms with Gasteiger partial charge in [0.2, 0.25) is 0 Å². The third-order valence-electron chi connectivity index (χ3n) is 3.85. The highest BCUT2D eigenvalue weighted by Gasteiger charge is 2.19. The fourth-order valence-electron chi connectivity index (χ4n) is 2.32. The Hall–Kier alpha value is -0.740. The fraction of sp³-hybridized carbons (Fsp3) is 0.647. The average Bonchev–Trinajstić information content (AvgIpc) is 2.45. The van der Waals surface area contributed by atoms with Crippen LogP contribution in [-0.4, -0.2) is 27.3 Å². The molecule has 0 saturated heterocycles.